The zero-order chi connectivity index (χ0) is 18.0. The minimum atomic E-state index is -3.63. The van der Waals surface area contributed by atoms with Crippen LogP contribution in [0, 0.1) is 0 Å². The van der Waals surface area contributed by atoms with Crippen molar-refractivity contribution in [3.05, 3.63) is 29.8 Å². The zero-order valence-electron chi connectivity index (χ0n) is 13.4. The number of thioether (sulfide) groups is 1. The van der Waals surface area contributed by atoms with E-state index < -0.39 is 27.4 Å². The van der Waals surface area contributed by atoms with E-state index >= 15 is 0 Å². The second-order valence-electron chi connectivity index (χ2n) is 5.94. The van der Waals surface area contributed by atoms with Gasteiger partial charge in [0.15, 0.2) is 0 Å². The summed E-state index contributed by atoms with van der Waals surface area (Å²) in [5.41, 5.74) is -1.04. The third-order valence-corrected chi connectivity index (χ3v) is 6.47. The molecular formula is C15H20N2O5S2. The molecule has 1 atom stereocenters. The van der Waals surface area contributed by atoms with Crippen molar-refractivity contribution < 1.29 is 23.1 Å². The Morgan fingerprint density at radius 1 is 1.25 bits per heavy atom. The molecule has 7 nitrogen and oxygen atoms in total. The highest BCUT2D eigenvalue weighted by Crippen LogP contribution is 2.28. The molecule has 1 aromatic carbocycles. The van der Waals surface area contributed by atoms with E-state index in [-0.39, 0.29) is 16.5 Å². The van der Waals surface area contributed by atoms with Crippen LogP contribution in [0.15, 0.2) is 29.2 Å². The average molecular weight is 372 g/mol. The molecule has 1 aliphatic rings. The van der Waals surface area contributed by atoms with Gasteiger partial charge in [-0.3, -0.25) is 4.79 Å². The molecule has 1 aliphatic heterocycles. The van der Waals surface area contributed by atoms with E-state index in [1.165, 1.54) is 36.0 Å². The highest BCUT2D eigenvalue weighted by molar-refractivity contribution is 7.99. The Morgan fingerprint density at radius 2 is 1.88 bits per heavy atom. The largest absolute Gasteiger partial charge is 0.479 e. The number of carbonyl (C=O) groups is 2. The van der Waals surface area contributed by atoms with Crippen LogP contribution in [0.1, 0.15) is 30.6 Å². The molecule has 1 saturated heterocycles. The monoisotopic (exact) mass is 372 g/mol. The number of amides is 1. The molecule has 0 aliphatic carbocycles. The van der Waals surface area contributed by atoms with Crippen molar-refractivity contribution in [3.8, 4) is 0 Å². The molecule has 0 aromatic heterocycles. The van der Waals surface area contributed by atoms with Crippen LogP contribution in [0.4, 0.5) is 0 Å². The van der Waals surface area contributed by atoms with Crippen molar-refractivity contribution >= 4 is 33.7 Å². The molecular weight excluding hydrogens is 352 g/mol. The first kappa shape index (κ1) is 18.8. The average Bonchev–Trinajstić information content (AvgIpc) is 2.96. The molecule has 1 heterocycles. The molecule has 0 spiro atoms. The van der Waals surface area contributed by atoms with Crippen LogP contribution in [0.2, 0.25) is 0 Å². The Bertz CT molecular complexity index is 723. The maximum Gasteiger partial charge on any atom is 0.330 e. The molecule has 132 valence electrons. The van der Waals surface area contributed by atoms with Gasteiger partial charge in [-0.15, -0.1) is 0 Å². The molecule has 3 N–H and O–H groups in total. The Morgan fingerprint density at radius 3 is 2.33 bits per heavy atom. The van der Waals surface area contributed by atoms with Gasteiger partial charge in [-0.25, -0.2) is 17.9 Å². The van der Waals surface area contributed by atoms with Crippen molar-refractivity contribution in [3.63, 3.8) is 0 Å². The highest BCUT2D eigenvalue weighted by atomic mass is 32.2. The van der Waals surface area contributed by atoms with Crippen LogP contribution >= 0.6 is 11.8 Å². The Hall–Kier alpha value is -1.58. The van der Waals surface area contributed by atoms with E-state index in [1.54, 1.807) is 13.8 Å². The van der Waals surface area contributed by atoms with Gasteiger partial charge in [-0.2, -0.15) is 11.8 Å². The van der Waals surface area contributed by atoms with Crippen molar-refractivity contribution in [2.24, 2.45) is 0 Å². The van der Waals surface area contributed by atoms with Gasteiger partial charge in [-0.1, -0.05) is 0 Å². The Labute approximate surface area is 145 Å². The van der Waals surface area contributed by atoms with E-state index in [0.29, 0.717) is 17.9 Å². The topological polar surface area (TPSA) is 113 Å². The molecule has 0 radical (unpaired) electrons. The summed E-state index contributed by atoms with van der Waals surface area (Å²) in [5.74, 6) is -0.592. The Kier molecular flexibility index (Phi) is 5.56. The van der Waals surface area contributed by atoms with Gasteiger partial charge in [0.1, 0.15) is 5.54 Å². The van der Waals surface area contributed by atoms with Gasteiger partial charge in [-0.05, 0) is 50.3 Å². The molecule has 2 rings (SSSR count). The van der Waals surface area contributed by atoms with Crippen LogP contribution in [-0.4, -0.2) is 48.5 Å². The second kappa shape index (κ2) is 7.12. The van der Waals surface area contributed by atoms with E-state index in [4.69, 9.17) is 0 Å². The number of carbonyl (C=O) groups excluding carboxylic acids is 1. The van der Waals surface area contributed by atoms with Gasteiger partial charge in [0, 0.05) is 17.4 Å². The summed E-state index contributed by atoms with van der Waals surface area (Å²) in [6.45, 7) is 3.43. The minimum absolute atomic E-state index is 0.0529. The Balaban J connectivity index is 2.16. The summed E-state index contributed by atoms with van der Waals surface area (Å²) in [5, 5.41) is 12.0. The lowest BCUT2D eigenvalue weighted by molar-refractivity contribution is -0.143. The number of aliphatic carboxylic acids is 1. The van der Waals surface area contributed by atoms with Crippen molar-refractivity contribution in [2.45, 2.75) is 36.7 Å². The number of sulfonamides is 1. The van der Waals surface area contributed by atoms with Gasteiger partial charge >= 0.3 is 5.97 Å². The number of benzene rings is 1. The molecule has 1 aromatic rings. The van der Waals surface area contributed by atoms with Gasteiger partial charge in [0.05, 0.1) is 4.90 Å². The molecule has 9 heteroatoms. The SMILES string of the molecule is CC(C)NS(=O)(=O)c1ccc(C(=O)NC2(C(=O)O)CCSC2)cc1. The quantitative estimate of drug-likeness (QED) is 0.688. The number of carboxylic acid groups (broad SMARTS) is 1. The highest BCUT2D eigenvalue weighted by Gasteiger charge is 2.43. The number of carboxylic acids is 1. The van der Waals surface area contributed by atoms with Crippen LogP contribution in [-0.2, 0) is 14.8 Å². The van der Waals surface area contributed by atoms with Gasteiger partial charge in [0.25, 0.3) is 5.91 Å². The predicted octanol–water partition coefficient (Wildman–Crippen LogP) is 1.06. The molecule has 0 bridgehead atoms. The lowest BCUT2D eigenvalue weighted by Crippen LogP contribution is -2.54. The lowest BCUT2D eigenvalue weighted by Gasteiger charge is -2.24. The lowest BCUT2D eigenvalue weighted by atomic mass is 9.98. The molecule has 1 fully saturated rings. The minimum Gasteiger partial charge on any atom is -0.479 e. The third-order valence-electron chi connectivity index (χ3n) is 3.60. The maximum atomic E-state index is 12.3. The maximum absolute atomic E-state index is 12.3. The van der Waals surface area contributed by atoms with E-state index in [2.05, 4.69) is 10.0 Å². The molecule has 1 amide bonds. The molecule has 0 saturated carbocycles. The van der Waals surface area contributed by atoms with E-state index in [9.17, 15) is 23.1 Å². The van der Waals surface area contributed by atoms with Crippen molar-refractivity contribution in [1.82, 2.24) is 10.0 Å². The number of nitrogens with one attached hydrogen (secondary N) is 2. The summed E-state index contributed by atoms with van der Waals surface area (Å²) >= 11 is 1.47. The molecule has 24 heavy (non-hydrogen) atoms. The van der Waals surface area contributed by atoms with Crippen molar-refractivity contribution in [2.75, 3.05) is 11.5 Å². The zero-order valence-corrected chi connectivity index (χ0v) is 15.0. The summed E-state index contributed by atoms with van der Waals surface area (Å²) in [4.78, 5) is 23.8. The smallest absolute Gasteiger partial charge is 0.330 e. The number of rotatable bonds is 6. The molecule has 1 unspecified atom stereocenters. The number of hydrogen-bond donors (Lipinski definition) is 3. The summed E-state index contributed by atoms with van der Waals surface area (Å²) in [6, 6.07) is 5.17. The fourth-order valence-corrected chi connectivity index (χ4v) is 4.92. The normalized spacial score (nSPS) is 21.0. The summed E-state index contributed by atoms with van der Waals surface area (Å²) in [7, 11) is -3.63. The first-order chi connectivity index (χ1) is 11.2. The fourth-order valence-electron chi connectivity index (χ4n) is 2.34. The fraction of sp³-hybridized carbons (Fsp3) is 0.467. The predicted molar refractivity (Wildman–Crippen MR) is 91.7 cm³/mol. The van der Waals surface area contributed by atoms with Gasteiger partial charge in [0.2, 0.25) is 10.0 Å². The van der Waals surface area contributed by atoms with Gasteiger partial charge < -0.3 is 10.4 Å². The first-order valence-corrected chi connectivity index (χ1v) is 10.1. The van der Waals surface area contributed by atoms with Crippen LogP contribution in [0.25, 0.3) is 0 Å². The van der Waals surface area contributed by atoms with Crippen LogP contribution in [0.3, 0.4) is 0 Å². The van der Waals surface area contributed by atoms with Crippen molar-refractivity contribution in [1.29, 1.82) is 0 Å². The van der Waals surface area contributed by atoms with E-state index in [0.717, 1.165) is 0 Å². The standard InChI is InChI=1S/C15H20N2O5S2/c1-10(2)17-24(21,22)12-5-3-11(4-6-12)13(18)16-15(14(19)20)7-8-23-9-15/h3-6,10,17H,7-9H2,1-2H3,(H,16,18)(H,19,20). The first-order valence-electron chi connectivity index (χ1n) is 7.42. The third kappa shape index (κ3) is 4.08. The van der Waals surface area contributed by atoms with Crippen LogP contribution < -0.4 is 10.0 Å². The summed E-state index contributed by atoms with van der Waals surface area (Å²) < 4.78 is 26.6. The van der Waals surface area contributed by atoms with Crippen LogP contribution in [0.5, 0.6) is 0 Å². The van der Waals surface area contributed by atoms with E-state index in [1.807, 2.05) is 0 Å². The number of hydrogen-bond acceptors (Lipinski definition) is 5. The summed E-state index contributed by atoms with van der Waals surface area (Å²) in [6.07, 6.45) is 0.365. The second-order valence-corrected chi connectivity index (χ2v) is 8.76.